The quantitative estimate of drug-likeness (QED) is 0.796. The third kappa shape index (κ3) is 3.08. The maximum absolute atomic E-state index is 12.6. The van der Waals surface area contributed by atoms with Gasteiger partial charge in [0.05, 0.1) is 11.5 Å². The fraction of sp³-hybridized carbons (Fsp3) is 0.538. The van der Waals surface area contributed by atoms with Gasteiger partial charge in [-0.3, -0.25) is 0 Å². The Morgan fingerprint density at radius 1 is 1.21 bits per heavy atom. The summed E-state index contributed by atoms with van der Waals surface area (Å²) >= 11 is 0. The number of rotatable bonds is 5. The van der Waals surface area contributed by atoms with Crippen molar-refractivity contribution >= 4 is 15.7 Å². The minimum atomic E-state index is -3.55. The van der Waals surface area contributed by atoms with Crippen molar-refractivity contribution in [3.8, 4) is 0 Å². The summed E-state index contributed by atoms with van der Waals surface area (Å²) in [7, 11) is -3.55. The van der Waals surface area contributed by atoms with E-state index in [0.717, 1.165) is 25.7 Å². The van der Waals surface area contributed by atoms with Crippen molar-refractivity contribution in [2.75, 3.05) is 18.9 Å². The molecule has 5 nitrogen and oxygen atoms in total. The molecule has 1 aromatic rings. The molecule has 19 heavy (non-hydrogen) atoms. The Bertz CT molecular complexity index is 507. The highest BCUT2D eigenvalue weighted by atomic mass is 32.2. The van der Waals surface area contributed by atoms with Gasteiger partial charge in [-0.05, 0) is 37.1 Å². The van der Waals surface area contributed by atoms with Crippen molar-refractivity contribution in [2.24, 2.45) is 0 Å². The topological polar surface area (TPSA) is 83.6 Å². The zero-order valence-corrected chi connectivity index (χ0v) is 11.6. The maximum atomic E-state index is 12.6. The SMILES string of the molecule is Nc1ccc(S(=O)(=O)N(CCO)C2CCCC2)cc1. The lowest BCUT2D eigenvalue weighted by molar-refractivity contribution is 0.226. The van der Waals surface area contributed by atoms with E-state index in [2.05, 4.69) is 0 Å². The lowest BCUT2D eigenvalue weighted by Crippen LogP contribution is -2.40. The Morgan fingerprint density at radius 2 is 1.79 bits per heavy atom. The number of hydrogen-bond acceptors (Lipinski definition) is 4. The van der Waals surface area contributed by atoms with Crippen LogP contribution in [-0.2, 0) is 10.0 Å². The van der Waals surface area contributed by atoms with Crippen LogP contribution in [0.2, 0.25) is 0 Å². The Labute approximate surface area is 114 Å². The molecule has 0 unspecified atom stereocenters. The molecule has 0 saturated heterocycles. The van der Waals surface area contributed by atoms with Crippen LogP contribution in [-0.4, -0.2) is 37.0 Å². The van der Waals surface area contributed by atoms with Gasteiger partial charge in [0.25, 0.3) is 0 Å². The summed E-state index contributed by atoms with van der Waals surface area (Å²) in [6.45, 7) is -0.0118. The van der Waals surface area contributed by atoms with Crippen LogP contribution in [0.3, 0.4) is 0 Å². The molecule has 1 fully saturated rings. The van der Waals surface area contributed by atoms with Gasteiger partial charge in [-0.2, -0.15) is 4.31 Å². The second-order valence-corrected chi connectivity index (χ2v) is 6.74. The van der Waals surface area contributed by atoms with E-state index in [1.807, 2.05) is 0 Å². The zero-order chi connectivity index (χ0) is 13.9. The highest BCUT2D eigenvalue weighted by Crippen LogP contribution is 2.28. The molecule has 0 aliphatic heterocycles. The van der Waals surface area contributed by atoms with Crippen molar-refractivity contribution < 1.29 is 13.5 Å². The number of sulfonamides is 1. The number of nitrogen functional groups attached to an aromatic ring is 1. The normalized spacial score (nSPS) is 17.2. The molecule has 1 aliphatic carbocycles. The molecule has 1 saturated carbocycles. The van der Waals surface area contributed by atoms with Gasteiger partial charge in [0.2, 0.25) is 10.0 Å². The Hall–Kier alpha value is -1.11. The van der Waals surface area contributed by atoms with E-state index in [4.69, 9.17) is 10.8 Å². The van der Waals surface area contributed by atoms with Crippen LogP contribution in [0, 0.1) is 0 Å². The lowest BCUT2D eigenvalue weighted by Gasteiger charge is -2.27. The Morgan fingerprint density at radius 3 is 2.32 bits per heavy atom. The third-order valence-electron chi connectivity index (χ3n) is 3.54. The summed E-state index contributed by atoms with van der Waals surface area (Å²) in [4.78, 5) is 0.238. The van der Waals surface area contributed by atoms with E-state index in [0.29, 0.717) is 5.69 Å². The van der Waals surface area contributed by atoms with Gasteiger partial charge in [-0.25, -0.2) is 8.42 Å². The average molecular weight is 284 g/mol. The van der Waals surface area contributed by atoms with Gasteiger partial charge in [0, 0.05) is 18.3 Å². The first kappa shape index (κ1) is 14.3. The van der Waals surface area contributed by atoms with Crippen LogP contribution < -0.4 is 5.73 Å². The van der Waals surface area contributed by atoms with E-state index in [1.165, 1.54) is 16.4 Å². The molecule has 6 heteroatoms. The molecule has 0 spiro atoms. The third-order valence-corrected chi connectivity index (χ3v) is 5.51. The minimum Gasteiger partial charge on any atom is -0.399 e. The van der Waals surface area contributed by atoms with E-state index in [-0.39, 0.29) is 24.1 Å². The molecule has 0 atom stereocenters. The highest BCUT2D eigenvalue weighted by molar-refractivity contribution is 7.89. The number of hydrogen-bond donors (Lipinski definition) is 2. The Kier molecular flexibility index (Phi) is 4.44. The van der Waals surface area contributed by atoms with E-state index in [1.54, 1.807) is 12.1 Å². The molecule has 3 N–H and O–H groups in total. The van der Waals surface area contributed by atoms with Crippen LogP contribution >= 0.6 is 0 Å². The predicted molar refractivity (Wildman–Crippen MR) is 74.1 cm³/mol. The molecule has 0 bridgehead atoms. The fourth-order valence-electron chi connectivity index (χ4n) is 2.57. The fourth-order valence-corrected chi connectivity index (χ4v) is 4.24. The van der Waals surface area contributed by atoms with Crippen LogP contribution in [0.5, 0.6) is 0 Å². The monoisotopic (exact) mass is 284 g/mol. The summed E-state index contributed by atoms with van der Waals surface area (Å²) in [6.07, 6.45) is 3.83. The average Bonchev–Trinajstić information content (AvgIpc) is 2.89. The molecular formula is C13H20N2O3S. The molecule has 1 aliphatic rings. The summed E-state index contributed by atoms with van der Waals surface area (Å²) < 4.78 is 26.6. The smallest absolute Gasteiger partial charge is 0.243 e. The number of anilines is 1. The minimum absolute atomic E-state index is 0.00898. The zero-order valence-electron chi connectivity index (χ0n) is 10.8. The van der Waals surface area contributed by atoms with Crippen molar-refractivity contribution in [2.45, 2.75) is 36.6 Å². The van der Waals surface area contributed by atoms with Crippen molar-refractivity contribution in [3.63, 3.8) is 0 Å². The van der Waals surface area contributed by atoms with Gasteiger partial charge in [0.15, 0.2) is 0 Å². The maximum Gasteiger partial charge on any atom is 0.243 e. The molecule has 0 heterocycles. The first-order valence-corrected chi connectivity index (χ1v) is 7.98. The van der Waals surface area contributed by atoms with Gasteiger partial charge >= 0.3 is 0 Å². The summed E-state index contributed by atoms with van der Waals surface area (Å²) in [5.74, 6) is 0. The standard InChI is InChI=1S/C13H20N2O3S/c14-11-5-7-13(8-6-11)19(17,18)15(9-10-16)12-3-1-2-4-12/h5-8,12,16H,1-4,9-10,14H2. The van der Waals surface area contributed by atoms with Gasteiger partial charge in [0.1, 0.15) is 0 Å². The van der Waals surface area contributed by atoms with Crippen LogP contribution in [0.4, 0.5) is 5.69 Å². The van der Waals surface area contributed by atoms with Gasteiger partial charge < -0.3 is 10.8 Å². The van der Waals surface area contributed by atoms with Crippen molar-refractivity contribution in [1.29, 1.82) is 0 Å². The number of aliphatic hydroxyl groups is 1. The molecule has 0 amide bonds. The predicted octanol–water partition coefficient (Wildman–Crippen LogP) is 1.19. The summed E-state index contributed by atoms with van der Waals surface area (Å²) in [5.41, 5.74) is 6.11. The van der Waals surface area contributed by atoms with E-state index in [9.17, 15) is 8.42 Å². The summed E-state index contributed by atoms with van der Waals surface area (Å²) in [5, 5.41) is 9.13. The van der Waals surface area contributed by atoms with E-state index >= 15 is 0 Å². The van der Waals surface area contributed by atoms with Gasteiger partial charge in [-0.15, -0.1) is 0 Å². The van der Waals surface area contributed by atoms with Crippen LogP contribution in [0.15, 0.2) is 29.2 Å². The second-order valence-electron chi connectivity index (χ2n) is 4.85. The second kappa shape index (κ2) is 5.90. The first-order valence-electron chi connectivity index (χ1n) is 6.54. The number of nitrogens with two attached hydrogens (primary N) is 1. The molecule has 1 aromatic carbocycles. The van der Waals surface area contributed by atoms with Crippen molar-refractivity contribution in [3.05, 3.63) is 24.3 Å². The first-order chi connectivity index (χ1) is 9.05. The van der Waals surface area contributed by atoms with Crippen molar-refractivity contribution in [1.82, 2.24) is 4.31 Å². The number of nitrogens with zero attached hydrogens (tertiary/aromatic N) is 1. The van der Waals surface area contributed by atoms with E-state index < -0.39 is 10.0 Å². The lowest BCUT2D eigenvalue weighted by atomic mass is 10.2. The molecule has 0 radical (unpaired) electrons. The largest absolute Gasteiger partial charge is 0.399 e. The molecular weight excluding hydrogens is 264 g/mol. The number of benzene rings is 1. The number of aliphatic hydroxyl groups excluding tert-OH is 1. The Balaban J connectivity index is 2.30. The highest BCUT2D eigenvalue weighted by Gasteiger charge is 2.32. The summed E-state index contributed by atoms with van der Waals surface area (Å²) in [6, 6.07) is 6.21. The van der Waals surface area contributed by atoms with Gasteiger partial charge in [-0.1, -0.05) is 12.8 Å². The molecule has 0 aromatic heterocycles. The molecule has 2 rings (SSSR count). The van der Waals surface area contributed by atoms with Crippen LogP contribution in [0.1, 0.15) is 25.7 Å². The van der Waals surface area contributed by atoms with Crippen LogP contribution in [0.25, 0.3) is 0 Å². The molecule has 106 valence electrons.